The van der Waals surface area contributed by atoms with Crippen molar-refractivity contribution in [2.75, 3.05) is 6.61 Å². The van der Waals surface area contributed by atoms with Gasteiger partial charge in [-0.25, -0.2) is 5.43 Å². The fourth-order valence-corrected chi connectivity index (χ4v) is 2.18. The number of benzene rings is 2. The van der Waals surface area contributed by atoms with Crippen LogP contribution in [0.15, 0.2) is 64.1 Å². The van der Waals surface area contributed by atoms with Crippen LogP contribution in [0.3, 0.4) is 0 Å². The van der Waals surface area contributed by atoms with Crippen LogP contribution in [0.5, 0.6) is 5.75 Å². The summed E-state index contributed by atoms with van der Waals surface area (Å²) >= 11 is 0. The number of fused-ring (bicyclic) bond motifs is 1. The van der Waals surface area contributed by atoms with E-state index in [1.54, 1.807) is 12.3 Å². The van der Waals surface area contributed by atoms with Crippen molar-refractivity contribution in [2.24, 2.45) is 5.10 Å². The van der Waals surface area contributed by atoms with Crippen molar-refractivity contribution < 1.29 is 13.9 Å². The number of hydrogen-bond acceptors (Lipinski definition) is 4. The van der Waals surface area contributed by atoms with Crippen LogP contribution in [-0.4, -0.2) is 18.7 Å². The largest absolute Gasteiger partial charge is 0.493 e. The number of ether oxygens (including phenoxy) is 1. The van der Waals surface area contributed by atoms with E-state index >= 15 is 0 Å². The maximum absolute atomic E-state index is 12.1. The Balaban J connectivity index is 1.71. The first-order valence-electron chi connectivity index (χ1n) is 7.31. The number of furan rings is 1. The van der Waals surface area contributed by atoms with Crippen LogP contribution in [0.4, 0.5) is 0 Å². The second-order valence-electron chi connectivity index (χ2n) is 4.82. The molecule has 1 N–H and O–H groups in total. The maximum Gasteiger partial charge on any atom is 0.307 e. The third kappa shape index (κ3) is 3.40. The number of nitrogens with zero attached hydrogens (tertiary/aromatic N) is 1. The molecule has 5 nitrogen and oxygen atoms in total. The first-order valence-corrected chi connectivity index (χ1v) is 7.31. The molecule has 3 aromatic rings. The zero-order valence-corrected chi connectivity index (χ0v) is 12.7. The second kappa shape index (κ2) is 6.79. The first kappa shape index (κ1) is 14.8. The molecule has 0 aliphatic carbocycles. The summed E-state index contributed by atoms with van der Waals surface area (Å²) in [6.07, 6.45) is 1.55. The molecular weight excluding hydrogens is 292 g/mol. The summed E-state index contributed by atoms with van der Waals surface area (Å²) in [7, 11) is 0. The highest BCUT2D eigenvalue weighted by Gasteiger charge is 2.11. The molecule has 0 saturated heterocycles. The predicted octanol–water partition coefficient (Wildman–Crippen LogP) is 3.60. The van der Waals surface area contributed by atoms with Gasteiger partial charge < -0.3 is 9.15 Å². The molecule has 1 aromatic heterocycles. The zero-order chi connectivity index (χ0) is 16.1. The van der Waals surface area contributed by atoms with Gasteiger partial charge in [0.25, 0.3) is 0 Å². The summed E-state index contributed by atoms with van der Waals surface area (Å²) in [6.45, 7) is 2.48. The lowest BCUT2D eigenvalue weighted by Crippen LogP contribution is -2.16. The average molecular weight is 308 g/mol. The van der Waals surface area contributed by atoms with E-state index in [4.69, 9.17) is 9.15 Å². The Bertz CT molecular complexity index is 819. The van der Waals surface area contributed by atoms with Crippen molar-refractivity contribution in [3.63, 3.8) is 0 Å². The van der Waals surface area contributed by atoms with Gasteiger partial charge >= 0.3 is 5.91 Å². The Morgan fingerprint density at radius 2 is 2.00 bits per heavy atom. The van der Waals surface area contributed by atoms with E-state index < -0.39 is 5.91 Å². The lowest BCUT2D eigenvalue weighted by molar-refractivity contribution is 0.0929. The minimum Gasteiger partial charge on any atom is -0.493 e. The summed E-state index contributed by atoms with van der Waals surface area (Å²) in [4.78, 5) is 12.1. The fraction of sp³-hybridized carbons (Fsp3) is 0.111. The maximum atomic E-state index is 12.1. The summed E-state index contributed by atoms with van der Waals surface area (Å²) in [5.74, 6) is 0.546. The number of nitrogens with one attached hydrogen (secondary N) is 1. The van der Waals surface area contributed by atoms with Crippen molar-refractivity contribution in [1.82, 2.24) is 5.43 Å². The van der Waals surface area contributed by atoms with Crippen LogP contribution >= 0.6 is 0 Å². The Morgan fingerprint density at radius 1 is 1.22 bits per heavy atom. The lowest BCUT2D eigenvalue weighted by Gasteiger charge is -2.05. The number of hydrazone groups is 1. The van der Waals surface area contributed by atoms with E-state index in [0.717, 1.165) is 16.7 Å². The molecule has 1 heterocycles. The Morgan fingerprint density at radius 3 is 2.83 bits per heavy atom. The van der Waals surface area contributed by atoms with Crippen molar-refractivity contribution in [1.29, 1.82) is 0 Å². The zero-order valence-electron chi connectivity index (χ0n) is 12.7. The van der Waals surface area contributed by atoms with Crippen LogP contribution < -0.4 is 10.2 Å². The van der Waals surface area contributed by atoms with Crippen molar-refractivity contribution in [2.45, 2.75) is 6.92 Å². The molecule has 0 radical (unpaired) electrons. The summed E-state index contributed by atoms with van der Waals surface area (Å²) < 4.78 is 11.0. The first-order chi connectivity index (χ1) is 11.3. The molecule has 0 saturated carbocycles. The molecule has 1 amide bonds. The van der Waals surface area contributed by atoms with Gasteiger partial charge in [-0.1, -0.05) is 30.3 Å². The smallest absolute Gasteiger partial charge is 0.307 e. The van der Waals surface area contributed by atoms with Gasteiger partial charge in [0, 0.05) is 10.9 Å². The SMILES string of the molecule is CCOc1ccccc1/C=N/NC(=O)c1cc2ccccc2o1. The monoisotopic (exact) mass is 308 g/mol. The normalized spacial score (nSPS) is 11.0. The highest BCUT2D eigenvalue weighted by Crippen LogP contribution is 2.18. The number of para-hydroxylation sites is 2. The minimum atomic E-state index is -0.397. The Kier molecular flexibility index (Phi) is 4.38. The van der Waals surface area contributed by atoms with E-state index in [0.29, 0.717) is 12.2 Å². The molecule has 2 aromatic carbocycles. The summed E-state index contributed by atoms with van der Waals surface area (Å²) in [5, 5.41) is 4.84. The van der Waals surface area contributed by atoms with Gasteiger partial charge in [0.2, 0.25) is 0 Å². The van der Waals surface area contributed by atoms with Crippen LogP contribution in [0.2, 0.25) is 0 Å². The second-order valence-corrected chi connectivity index (χ2v) is 4.82. The number of carbonyl (C=O) groups excluding carboxylic acids is 1. The molecule has 0 atom stereocenters. The molecule has 0 aliphatic heterocycles. The minimum absolute atomic E-state index is 0.224. The average Bonchev–Trinajstić information content (AvgIpc) is 3.01. The summed E-state index contributed by atoms with van der Waals surface area (Å²) in [6, 6.07) is 16.6. The van der Waals surface area contributed by atoms with Crippen LogP contribution in [-0.2, 0) is 0 Å². The molecule has 3 rings (SSSR count). The highest BCUT2D eigenvalue weighted by molar-refractivity contribution is 5.96. The van der Waals surface area contributed by atoms with E-state index in [9.17, 15) is 4.79 Å². The molecule has 0 unspecified atom stereocenters. The van der Waals surface area contributed by atoms with Crippen molar-refractivity contribution >= 4 is 23.1 Å². The third-order valence-corrected chi connectivity index (χ3v) is 3.24. The molecule has 0 aliphatic rings. The quantitative estimate of drug-likeness (QED) is 0.578. The lowest BCUT2D eigenvalue weighted by atomic mass is 10.2. The molecule has 0 fully saturated rings. The molecule has 23 heavy (non-hydrogen) atoms. The molecule has 5 heteroatoms. The van der Waals surface area contributed by atoms with Gasteiger partial charge in [-0.3, -0.25) is 4.79 Å². The van der Waals surface area contributed by atoms with Crippen LogP contribution in [0, 0.1) is 0 Å². The summed E-state index contributed by atoms with van der Waals surface area (Å²) in [5.41, 5.74) is 3.92. The van der Waals surface area contributed by atoms with E-state index in [1.165, 1.54) is 0 Å². The van der Waals surface area contributed by atoms with Crippen LogP contribution in [0.1, 0.15) is 23.0 Å². The standard InChI is InChI=1S/C18H16N2O3/c1-2-22-15-9-5-4-8-14(15)12-19-20-18(21)17-11-13-7-3-6-10-16(13)23-17/h3-12H,2H2,1H3,(H,20,21)/b19-12+. The number of hydrogen-bond donors (Lipinski definition) is 1. The van der Waals surface area contributed by atoms with Crippen molar-refractivity contribution in [3.8, 4) is 5.75 Å². The van der Waals surface area contributed by atoms with Gasteiger partial charge in [-0.05, 0) is 31.2 Å². The number of carbonyl (C=O) groups is 1. The molecule has 0 bridgehead atoms. The topological polar surface area (TPSA) is 63.8 Å². The number of amides is 1. The molecule has 0 spiro atoms. The van der Waals surface area contributed by atoms with Gasteiger partial charge in [-0.15, -0.1) is 0 Å². The molecule has 116 valence electrons. The van der Waals surface area contributed by atoms with Crippen molar-refractivity contribution in [3.05, 3.63) is 65.9 Å². The van der Waals surface area contributed by atoms with E-state index in [-0.39, 0.29) is 5.76 Å². The fourth-order valence-electron chi connectivity index (χ4n) is 2.18. The van der Waals surface area contributed by atoms with Gasteiger partial charge in [0.1, 0.15) is 11.3 Å². The predicted molar refractivity (Wildman–Crippen MR) is 88.9 cm³/mol. The molecular formula is C18H16N2O3. The van der Waals surface area contributed by atoms with Gasteiger partial charge in [0.15, 0.2) is 5.76 Å². The van der Waals surface area contributed by atoms with Crippen LogP contribution in [0.25, 0.3) is 11.0 Å². The highest BCUT2D eigenvalue weighted by atomic mass is 16.5. The van der Waals surface area contributed by atoms with Gasteiger partial charge in [0.05, 0.1) is 12.8 Å². The third-order valence-electron chi connectivity index (χ3n) is 3.24. The van der Waals surface area contributed by atoms with E-state index in [2.05, 4.69) is 10.5 Å². The number of rotatable bonds is 5. The Hall–Kier alpha value is -3.08. The van der Waals surface area contributed by atoms with Gasteiger partial charge in [-0.2, -0.15) is 5.10 Å². The van der Waals surface area contributed by atoms with E-state index in [1.807, 2.05) is 55.5 Å². The Labute approximate surface area is 133 Å².